The molecular weight excluding hydrogens is 608 g/mol. The number of ether oxygens (including phenoxy) is 3. The molecule has 6 rings (SSSR count). The number of hydrazone groups is 1. The van der Waals surface area contributed by atoms with Crippen molar-refractivity contribution in [1.29, 1.82) is 0 Å². The van der Waals surface area contributed by atoms with E-state index in [1.54, 1.807) is 7.11 Å². The molecule has 1 amide bonds. The maximum absolute atomic E-state index is 12.8. The van der Waals surface area contributed by atoms with Crippen LogP contribution in [0.2, 0.25) is 5.02 Å². The molecule has 2 aliphatic rings. The molecule has 2 aliphatic heterocycles. The number of carbonyl (C=O) groups excluding carboxylic acids is 1. The molecule has 1 aromatic heterocycles. The third-order valence-corrected chi connectivity index (χ3v) is 7.94. The van der Waals surface area contributed by atoms with Gasteiger partial charge in [-0.25, -0.2) is 4.98 Å². The summed E-state index contributed by atoms with van der Waals surface area (Å²) in [6, 6.07) is 21.2. The highest BCUT2D eigenvalue weighted by Gasteiger charge is 2.34. The molecule has 10 heteroatoms. The molecule has 210 valence electrons. The molecule has 1 atom stereocenters. The molecule has 0 radical (unpaired) electrons. The van der Waals surface area contributed by atoms with Crippen LogP contribution in [0, 0.1) is 0 Å². The van der Waals surface area contributed by atoms with E-state index >= 15 is 0 Å². The summed E-state index contributed by atoms with van der Waals surface area (Å²) in [6.07, 6.45) is -0.730. The van der Waals surface area contributed by atoms with Crippen LogP contribution in [0.3, 0.4) is 0 Å². The van der Waals surface area contributed by atoms with Gasteiger partial charge in [-0.1, -0.05) is 39.7 Å². The topological polar surface area (TPSA) is 76.5 Å². The fourth-order valence-corrected chi connectivity index (χ4v) is 5.60. The number of hydrogen-bond donors (Lipinski definition) is 0. The lowest BCUT2D eigenvalue weighted by atomic mass is 10.0. The van der Waals surface area contributed by atoms with Crippen molar-refractivity contribution in [1.82, 2.24) is 14.9 Å². The molecule has 1 fully saturated rings. The van der Waals surface area contributed by atoms with E-state index in [4.69, 9.17) is 30.8 Å². The first-order chi connectivity index (χ1) is 19.9. The summed E-state index contributed by atoms with van der Waals surface area (Å²) < 4.78 is 18.6. The minimum Gasteiger partial charge on any atom is -0.496 e. The van der Waals surface area contributed by atoms with E-state index in [1.807, 2.05) is 66.7 Å². The van der Waals surface area contributed by atoms with E-state index in [-0.39, 0.29) is 5.91 Å². The number of aromatic nitrogens is 1. The van der Waals surface area contributed by atoms with Crippen LogP contribution in [0.4, 0.5) is 0 Å². The summed E-state index contributed by atoms with van der Waals surface area (Å²) in [5.74, 6) is 0.899. The lowest BCUT2D eigenvalue weighted by Crippen LogP contribution is -2.35. The minimum absolute atomic E-state index is 0.229. The van der Waals surface area contributed by atoms with Gasteiger partial charge in [-0.15, -0.1) is 5.10 Å². The Morgan fingerprint density at radius 3 is 2.59 bits per heavy atom. The summed E-state index contributed by atoms with van der Waals surface area (Å²) in [5, 5.41) is 7.58. The van der Waals surface area contributed by atoms with Crippen LogP contribution in [0.5, 0.6) is 5.75 Å². The Bertz CT molecular complexity index is 1640. The van der Waals surface area contributed by atoms with Gasteiger partial charge in [-0.2, -0.15) is 5.01 Å². The van der Waals surface area contributed by atoms with Crippen LogP contribution in [0.1, 0.15) is 29.8 Å². The SMILES string of the molecule is COc1ccc([C@@H]2OC(c3cc(-c4ccc(Cl)cc4)nc4ccc(Br)cc34)=NN2C(C)=O)cc1CN1CCOCC1. The first kappa shape index (κ1) is 27.7. The highest BCUT2D eigenvalue weighted by atomic mass is 79.9. The first-order valence-electron chi connectivity index (χ1n) is 13.3. The van der Waals surface area contributed by atoms with Crippen molar-refractivity contribution in [3.05, 3.63) is 92.9 Å². The number of nitrogens with zero attached hydrogens (tertiary/aromatic N) is 4. The zero-order chi connectivity index (χ0) is 28.5. The maximum Gasteiger partial charge on any atom is 0.243 e. The Balaban J connectivity index is 1.40. The average Bonchev–Trinajstić information content (AvgIpc) is 3.43. The zero-order valence-corrected chi connectivity index (χ0v) is 25.0. The molecule has 4 aromatic rings. The summed E-state index contributed by atoms with van der Waals surface area (Å²) in [5.41, 5.74) is 4.97. The maximum atomic E-state index is 12.8. The minimum atomic E-state index is -0.730. The van der Waals surface area contributed by atoms with E-state index in [9.17, 15) is 4.79 Å². The molecule has 3 aromatic carbocycles. The lowest BCUT2D eigenvalue weighted by Gasteiger charge is -2.28. The fraction of sp³-hybridized carbons (Fsp3) is 0.258. The lowest BCUT2D eigenvalue weighted by molar-refractivity contribution is -0.135. The molecule has 0 saturated carbocycles. The van der Waals surface area contributed by atoms with E-state index in [1.165, 1.54) is 11.9 Å². The summed E-state index contributed by atoms with van der Waals surface area (Å²) >= 11 is 9.71. The molecule has 3 heterocycles. The average molecular weight is 636 g/mol. The largest absolute Gasteiger partial charge is 0.496 e. The van der Waals surface area contributed by atoms with E-state index < -0.39 is 6.23 Å². The second-order valence-corrected chi connectivity index (χ2v) is 11.3. The van der Waals surface area contributed by atoms with E-state index in [2.05, 4.69) is 25.9 Å². The number of pyridine rings is 1. The second-order valence-electron chi connectivity index (χ2n) is 9.92. The van der Waals surface area contributed by atoms with Gasteiger partial charge in [0.15, 0.2) is 0 Å². The standard InChI is InChI=1S/C31H28BrClN4O4/c1-19(38)37-31(21-5-10-29(39-2)22(15-21)18-36-11-13-40-14-12-36)41-30(35-37)26-17-28(20-3-7-24(33)8-4-20)34-27-9-6-23(32)16-25(26)27/h3-10,15-17,31H,11-14,18H2,1-2H3/t31-/m0/s1. The van der Waals surface area contributed by atoms with Crippen molar-refractivity contribution < 1.29 is 19.0 Å². The quantitative estimate of drug-likeness (QED) is 0.244. The van der Waals surface area contributed by atoms with Gasteiger partial charge < -0.3 is 14.2 Å². The Morgan fingerprint density at radius 1 is 1.07 bits per heavy atom. The Kier molecular flexibility index (Phi) is 7.94. The molecular formula is C31H28BrClN4O4. The monoisotopic (exact) mass is 634 g/mol. The van der Waals surface area contributed by atoms with Gasteiger partial charge in [0, 0.05) is 63.7 Å². The van der Waals surface area contributed by atoms with Crippen molar-refractivity contribution in [3.8, 4) is 17.0 Å². The number of rotatable bonds is 6. The number of hydrogen-bond acceptors (Lipinski definition) is 7. The third-order valence-electron chi connectivity index (χ3n) is 7.19. The highest BCUT2D eigenvalue weighted by molar-refractivity contribution is 9.10. The van der Waals surface area contributed by atoms with Crippen LogP contribution in [0.25, 0.3) is 22.2 Å². The molecule has 0 spiro atoms. The number of morpholine rings is 1. The normalized spacial score (nSPS) is 17.4. The third kappa shape index (κ3) is 5.81. The van der Waals surface area contributed by atoms with Crippen molar-refractivity contribution in [2.24, 2.45) is 5.10 Å². The number of benzene rings is 3. The van der Waals surface area contributed by atoms with Gasteiger partial charge in [-0.3, -0.25) is 9.69 Å². The Hall–Kier alpha value is -3.50. The fourth-order valence-electron chi connectivity index (χ4n) is 5.11. The number of fused-ring (bicyclic) bond motifs is 1. The van der Waals surface area contributed by atoms with Crippen molar-refractivity contribution in [3.63, 3.8) is 0 Å². The summed E-state index contributed by atoms with van der Waals surface area (Å²) in [4.78, 5) is 20.0. The molecule has 0 N–H and O–H groups in total. The smallest absolute Gasteiger partial charge is 0.243 e. The Labute approximate surface area is 251 Å². The predicted molar refractivity (Wildman–Crippen MR) is 162 cm³/mol. The van der Waals surface area contributed by atoms with Crippen molar-refractivity contribution >= 4 is 50.2 Å². The van der Waals surface area contributed by atoms with Crippen LogP contribution in [-0.4, -0.2) is 60.1 Å². The Morgan fingerprint density at radius 2 is 1.85 bits per heavy atom. The first-order valence-corrected chi connectivity index (χ1v) is 14.5. The molecule has 0 bridgehead atoms. The number of carbonyl (C=O) groups is 1. The van der Waals surface area contributed by atoms with Gasteiger partial charge in [0.05, 0.1) is 31.5 Å². The van der Waals surface area contributed by atoms with Crippen LogP contribution < -0.4 is 4.74 Å². The predicted octanol–water partition coefficient (Wildman–Crippen LogP) is 6.40. The van der Waals surface area contributed by atoms with Gasteiger partial charge in [-0.05, 0) is 54.6 Å². The van der Waals surface area contributed by atoms with E-state index in [0.717, 1.165) is 62.2 Å². The summed E-state index contributed by atoms with van der Waals surface area (Å²) in [7, 11) is 1.66. The van der Waals surface area contributed by atoms with Crippen molar-refractivity contribution in [2.45, 2.75) is 19.7 Å². The van der Waals surface area contributed by atoms with Crippen LogP contribution in [0.15, 0.2) is 76.3 Å². The van der Waals surface area contributed by atoms with Crippen molar-refractivity contribution in [2.75, 3.05) is 33.4 Å². The van der Waals surface area contributed by atoms with Gasteiger partial charge in [0.2, 0.25) is 18.0 Å². The number of amides is 1. The molecule has 41 heavy (non-hydrogen) atoms. The molecule has 1 saturated heterocycles. The van der Waals surface area contributed by atoms with Gasteiger partial charge >= 0.3 is 0 Å². The number of methoxy groups -OCH3 is 1. The van der Waals surface area contributed by atoms with Crippen LogP contribution >= 0.6 is 27.5 Å². The number of halogens is 2. The van der Waals surface area contributed by atoms with Crippen LogP contribution in [-0.2, 0) is 20.8 Å². The molecule has 0 unspecified atom stereocenters. The molecule has 0 aliphatic carbocycles. The van der Waals surface area contributed by atoms with Gasteiger partial charge in [0.25, 0.3) is 0 Å². The summed E-state index contributed by atoms with van der Waals surface area (Å²) in [6.45, 7) is 5.30. The molecule has 8 nitrogen and oxygen atoms in total. The van der Waals surface area contributed by atoms with Gasteiger partial charge in [0.1, 0.15) is 5.75 Å². The zero-order valence-electron chi connectivity index (χ0n) is 22.6. The van der Waals surface area contributed by atoms with E-state index in [0.29, 0.717) is 30.7 Å². The second kappa shape index (κ2) is 11.8. The highest BCUT2D eigenvalue weighted by Crippen LogP contribution is 2.36.